The molecule has 1 aromatic rings. The molecule has 0 bridgehead atoms. The van der Waals surface area contributed by atoms with Gasteiger partial charge in [0.25, 0.3) is 0 Å². The summed E-state index contributed by atoms with van der Waals surface area (Å²) in [5.41, 5.74) is -0.394. The van der Waals surface area contributed by atoms with E-state index >= 15 is 0 Å². The fourth-order valence-electron chi connectivity index (χ4n) is 2.65. The molecule has 24 heavy (non-hydrogen) atoms. The van der Waals surface area contributed by atoms with E-state index in [1.807, 2.05) is 0 Å². The van der Waals surface area contributed by atoms with Gasteiger partial charge in [-0.3, -0.25) is 0 Å². The molecule has 1 saturated heterocycles. The second-order valence-corrected chi connectivity index (χ2v) is 9.59. The van der Waals surface area contributed by atoms with Crippen LogP contribution in [0.15, 0.2) is 34.1 Å². The minimum absolute atomic E-state index is 0. The number of sulfonamides is 1. The van der Waals surface area contributed by atoms with Crippen molar-refractivity contribution >= 4 is 32.3 Å². The van der Waals surface area contributed by atoms with E-state index in [2.05, 4.69) is 10.0 Å². The lowest BCUT2D eigenvalue weighted by Crippen LogP contribution is -2.52. The summed E-state index contributed by atoms with van der Waals surface area (Å²) in [4.78, 5) is 0.125. The van der Waals surface area contributed by atoms with E-state index < -0.39 is 25.4 Å². The highest BCUT2D eigenvalue weighted by Gasteiger charge is 2.34. The summed E-state index contributed by atoms with van der Waals surface area (Å²) in [7, 11) is -5.47. The van der Waals surface area contributed by atoms with Gasteiger partial charge in [0.2, 0.25) is 10.0 Å². The van der Waals surface area contributed by atoms with Gasteiger partial charge in [-0.15, -0.1) is 12.4 Å². The van der Waals surface area contributed by atoms with Gasteiger partial charge >= 0.3 is 0 Å². The van der Waals surface area contributed by atoms with Gasteiger partial charge in [0, 0.05) is 19.9 Å². The lowest BCUT2D eigenvalue weighted by atomic mass is 9.99. The van der Waals surface area contributed by atoms with Gasteiger partial charge in [-0.05, 0) is 43.7 Å². The number of benzene rings is 1. The molecule has 1 aromatic carbocycles. The molecule has 0 aromatic heterocycles. The molecule has 7 nitrogen and oxygen atoms in total. The Bertz CT molecular complexity index is 742. The highest BCUT2D eigenvalue weighted by molar-refractivity contribution is 7.90. The Morgan fingerprint density at radius 1 is 1.17 bits per heavy atom. The molecule has 10 heteroatoms. The monoisotopic (exact) mass is 398 g/mol. The fraction of sp³-hybridized carbons (Fsp3) is 0.571. The van der Waals surface area contributed by atoms with Crippen LogP contribution in [0.3, 0.4) is 0 Å². The third-order valence-electron chi connectivity index (χ3n) is 3.92. The van der Waals surface area contributed by atoms with Crippen molar-refractivity contribution < 1.29 is 21.6 Å². The van der Waals surface area contributed by atoms with Gasteiger partial charge in [-0.1, -0.05) is 0 Å². The second-order valence-electron chi connectivity index (χ2n) is 5.81. The third kappa shape index (κ3) is 5.14. The van der Waals surface area contributed by atoms with E-state index in [0.717, 1.165) is 25.6 Å². The number of hydrogen-bond acceptors (Lipinski definition) is 6. The first-order valence-electron chi connectivity index (χ1n) is 7.22. The zero-order valence-electron chi connectivity index (χ0n) is 13.6. The number of sulfone groups is 1. The third-order valence-corrected chi connectivity index (χ3v) is 6.46. The van der Waals surface area contributed by atoms with Crippen molar-refractivity contribution in [2.75, 3.05) is 33.1 Å². The van der Waals surface area contributed by atoms with Crippen LogP contribution in [0.1, 0.15) is 12.8 Å². The lowest BCUT2D eigenvalue weighted by molar-refractivity contribution is 0.122. The first-order valence-corrected chi connectivity index (χ1v) is 10.6. The number of rotatable bonds is 7. The van der Waals surface area contributed by atoms with Crippen molar-refractivity contribution in [3.05, 3.63) is 24.3 Å². The van der Waals surface area contributed by atoms with Crippen molar-refractivity contribution in [1.29, 1.82) is 0 Å². The van der Waals surface area contributed by atoms with Crippen molar-refractivity contribution in [3.63, 3.8) is 0 Å². The molecule has 1 aliphatic rings. The van der Waals surface area contributed by atoms with Gasteiger partial charge in [-0.2, -0.15) is 0 Å². The topological polar surface area (TPSA) is 102 Å². The predicted molar refractivity (Wildman–Crippen MR) is 93.8 cm³/mol. The number of methoxy groups -OCH3 is 1. The molecule has 138 valence electrons. The van der Waals surface area contributed by atoms with Crippen molar-refractivity contribution in [3.8, 4) is 0 Å². The summed E-state index contributed by atoms with van der Waals surface area (Å²) in [5, 5.41) is 3.29. The molecule has 0 amide bonds. The molecule has 1 heterocycles. The van der Waals surface area contributed by atoms with Crippen LogP contribution in [0.2, 0.25) is 0 Å². The maximum Gasteiger partial charge on any atom is 0.240 e. The number of halogens is 1. The van der Waals surface area contributed by atoms with Crippen molar-refractivity contribution in [2.24, 2.45) is 0 Å². The van der Waals surface area contributed by atoms with E-state index in [0.29, 0.717) is 6.61 Å². The Morgan fingerprint density at radius 2 is 1.75 bits per heavy atom. The van der Waals surface area contributed by atoms with E-state index in [-0.39, 0.29) is 28.7 Å². The molecule has 1 aliphatic heterocycles. The highest BCUT2D eigenvalue weighted by Crippen LogP contribution is 2.20. The molecule has 1 fully saturated rings. The Balaban J connectivity index is 0.00000288. The predicted octanol–water partition coefficient (Wildman–Crippen LogP) is 0.559. The summed E-state index contributed by atoms with van der Waals surface area (Å²) in [6.45, 7) is 1.47. The Morgan fingerprint density at radius 3 is 2.21 bits per heavy atom. The van der Waals surface area contributed by atoms with Crippen LogP contribution < -0.4 is 10.0 Å². The minimum Gasteiger partial charge on any atom is -0.383 e. The molecule has 0 aliphatic carbocycles. The van der Waals surface area contributed by atoms with Gasteiger partial charge in [0.05, 0.1) is 21.9 Å². The Kier molecular flexibility index (Phi) is 7.21. The van der Waals surface area contributed by atoms with E-state index in [1.54, 1.807) is 7.11 Å². The lowest BCUT2D eigenvalue weighted by Gasteiger charge is -2.28. The zero-order chi connectivity index (χ0) is 17.1. The van der Waals surface area contributed by atoms with Crippen LogP contribution in [0.5, 0.6) is 0 Å². The SMILES string of the molecule is COCC1(CNS(=O)(=O)c2ccc(S(C)(=O)=O)cc2)CCCN1.Cl. The number of ether oxygens (including phenoxy) is 1. The quantitative estimate of drug-likeness (QED) is 0.695. The summed E-state index contributed by atoms with van der Waals surface area (Å²) in [5.74, 6) is 0. The molecule has 0 saturated carbocycles. The average molecular weight is 399 g/mol. The van der Waals surface area contributed by atoms with Crippen LogP contribution in [0.4, 0.5) is 0 Å². The van der Waals surface area contributed by atoms with E-state index in [9.17, 15) is 16.8 Å². The minimum atomic E-state index is -3.71. The van der Waals surface area contributed by atoms with Crippen molar-refractivity contribution in [2.45, 2.75) is 28.2 Å². The standard InChI is InChI=1S/C14H22N2O5S2.ClH/c1-21-11-14(8-3-9-15-14)10-16-23(19,20)13-6-4-12(5-7-13)22(2,17)18;/h4-7,15-16H,3,8-11H2,1-2H3;1H. The smallest absolute Gasteiger partial charge is 0.240 e. The van der Waals surface area contributed by atoms with Crippen molar-refractivity contribution in [1.82, 2.24) is 10.0 Å². The van der Waals surface area contributed by atoms with Crippen LogP contribution in [0, 0.1) is 0 Å². The molecule has 2 N–H and O–H groups in total. The summed E-state index contributed by atoms with van der Waals surface area (Å²) in [6.07, 6.45) is 2.87. The summed E-state index contributed by atoms with van der Waals surface area (Å²) < 4.78 is 55.3. The Hall–Kier alpha value is -0.710. The molecule has 1 atom stereocenters. The average Bonchev–Trinajstić information content (AvgIpc) is 2.94. The van der Waals surface area contributed by atoms with Crippen LogP contribution in [-0.4, -0.2) is 55.4 Å². The zero-order valence-corrected chi connectivity index (χ0v) is 16.1. The van der Waals surface area contributed by atoms with E-state index in [1.165, 1.54) is 24.3 Å². The molecule has 0 spiro atoms. The normalized spacial score (nSPS) is 21.4. The second kappa shape index (κ2) is 8.11. The van der Waals surface area contributed by atoms with Gasteiger partial charge in [-0.25, -0.2) is 21.6 Å². The molecular formula is C14H23ClN2O5S2. The highest BCUT2D eigenvalue weighted by atomic mass is 35.5. The fourth-order valence-corrected chi connectivity index (χ4v) is 4.41. The first-order chi connectivity index (χ1) is 10.7. The van der Waals surface area contributed by atoms with Crippen LogP contribution in [-0.2, 0) is 24.6 Å². The molecule has 1 unspecified atom stereocenters. The first kappa shape index (κ1) is 21.3. The number of hydrogen-bond donors (Lipinski definition) is 2. The summed E-state index contributed by atoms with van der Waals surface area (Å²) in [6, 6.07) is 5.18. The van der Waals surface area contributed by atoms with Gasteiger partial charge in [0.1, 0.15) is 0 Å². The van der Waals surface area contributed by atoms with Gasteiger partial charge < -0.3 is 10.1 Å². The maximum absolute atomic E-state index is 12.4. The van der Waals surface area contributed by atoms with E-state index in [4.69, 9.17) is 4.74 Å². The number of nitrogens with one attached hydrogen (secondary N) is 2. The molecular weight excluding hydrogens is 376 g/mol. The molecule has 0 radical (unpaired) electrons. The maximum atomic E-state index is 12.4. The largest absolute Gasteiger partial charge is 0.383 e. The summed E-state index contributed by atoms with van der Waals surface area (Å²) >= 11 is 0. The van der Waals surface area contributed by atoms with Crippen LogP contribution in [0.25, 0.3) is 0 Å². The molecule has 2 rings (SSSR count). The van der Waals surface area contributed by atoms with Crippen LogP contribution >= 0.6 is 12.4 Å². The Labute approximate surface area is 149 Å². The van der Waals surface area contributed by atoms with Gasteiger partial charge in [0.15, 0.2) is 9.84 Å².